The van der Waals surface area contributed by atoms with E-state index in [0.29, 0.717) is 71.1 Å². The monoisotopic (exact) mass is 866 g/mol. The molecule has 0 bridgehead atoms. The molecule has 4 aromatic carbocycles. The van der Waals surface area contributed by atoms with Crippen LogP contribution in [0.2, 0.25) is 0 Å². The SMILES string of the molecule is COC(=O)N[C@H](C(=O)N1CCC[C@H]1c1ncc(-c2cc(F)c(-c3ccc(-c4cnc([C@@H]5CCCN5C(=O)[C@H](NC(=O)OC)c5ccccc5)[nH]4)cc3)c(-c3ccccc3)c2)[nH]1)C(C)C. The van der Waals surface area contributed by atoms with Crippen LogP contribution in [0.1, 0.15) is 74.9 Å². The number of carbonyl (C=O) groups excluding carboxylic acids is 4. The lowest BCUT2D eigenvalue weighted by atomic mass is 9.91. The van der Waals surface area contributed by atoms with E-state index in [1.54, 1.807) is 34.3 Å². The van der Waals surface area contributed by atoms with Gasteiger partial charge in [0.15, 0.2) is 0 Å². The van der Waals surface area contributed by atoms with Crippen molar-refractivity contribution < 1.29 is 33.0 Å². The van der Waals surface area contributed by atoms with Crippen LogP contribution in [0.3, 0.4) is 0 Å². The number of nitrogens with zero attached hydrogens (tertiary/aromatic N) is 4. The zero-order chi connectivity index (χ0) is 44.9. The normalized spacial score (nSPS) is 17.0. The highest BCUT2D eigenvalue weighted by atomic mass is 19.1. The molecule has 4 heterocycles. The molecule has 2 saturated heterocycles. The molecule has 330 valence electrons. The third-order valence-corrected chi connectivity index (χ3v) is 12.1. The van der Waals surface area contributed by atoms with Crippen LogP contribution in [0, 0.1) is 11.7 Å². The molecule has 64 heavy (non-hydrogen) atoms. The number of H-pyrrole nitrogens is 2. The molecule has 8 rings (SSSR count). The predicted molar refractivity (Wildman–Crippen MR) is 239 cm³/mol. The molecule has 2 aliphatic rings. The molecule has 4 N–H and O–H groups in total. The fourth-order valence-electron chi connectivity index (χ4n) is 8.81. The summed E-state index contributed by atoms with van der Waals surface area (Å²) in [4.78, 5) is 71.8. The Morgan fingerprint density at radius 3 is 1.78 bits per heavy atom. The van der Waals surface area contributed by atoms with E-state index in [-0.39, 0.29) is 29.8 Å². The molecular weight excluding hydrogens is 816 g/mol. The number of hydrogen-bond acceptors (Lipinski definition) is 8. The Hall–Kier alpha value is -7.29. The number of aromatic nitrogens is 4. The van der Waals surface area contributed by atoms with Gasteiger partial charge in [0.2, 0.25) is 5.91 Å². The quantitative estimate of drug-likeness (QED) is 0.0945. The summed E-state index contributed by atoms with van der Waals surface area (Å²) in [5.41, 5.74) is 6.05. The maximum Gasteiger partial charge on any atom is 0.407 e. The van der Waals surface area contributed by atoms with Crippen LogP contribution in [0.5, 0.6) is 0 Å². The molecule has 0 saturated carbocycles. The molecule has 0 radical (unpaired) electrons. The van der Waals surface area contributed by atoms with Gasteiger partial charge in [0.25, 0.3) is 5.91 Å². The second-order valence-corrected chi connectivity index (χ2v) is 16.4. The molecule has 4 atom stereocenters. The third kappa shape index (κ3) is 8.96. The number of ether oxygens (including phenoxy) is 2. The van der Waals surface area contributed by atoms with Crippen molar-refractivity contribution >= 4 is 24.0 Å². The topological polar surface area (TPSA) is 175 Å². The minimum atomic E-state index is -0.926. The molecule has 4 amide bonds. The number of halogens is 1. The Labute approximate surface area is 370 Å². The zero-order valence-corrected chi connectivity index (χ0v) is 36.1. The fourth-order valence-corrected chi connectivity index (χ4v) is 8.81. The maximum atomic E-state index is 16.7. The van der Waals surface area contributed by atoms with Gasteiger partial charge in [-0.15, -0.1) is 0 Å². The molecule has 14 nitrogen and oxygen atoms in total. The Morgan fingerprint density at radius 1 is 0.672 bits per heavy atom. The number of nitrogens with one attached hydrogen (secondary N) is 4. The highest BCUT2D eigenvalue weighted by Gasteiger charge is 2.39. The molecule has 0 aliphatic carbocycles. The van der Waals surface area contributed by atoms with Crippen LogP contribution in [0.15, 0.2) is 109 Å². The van der Waals surface area contributed by atoms with Gasteiger partial charge in [0.1, 0.15) is 29.5 Å². The van der Waals surface area contributed by atoms with Crippen LogP contribution in [0.25, 0.3) is 44.8 Å². The van der Waals surface area contributed by atoms with Crippen LogP contribution in [0.4, 0.5) is 14.0 Å². The zero-order valence-electron chi connectivity index (χ0n) is 36.1. The van der Waals surface area contributed by atoms with Gasteiger partial charge in [-0.2, -0.15) is 0 Å². The first-order chi connectivity index (χ1) is 31.0. The van der Waals surface area contributed by atoms with Crippen LogP contribution in [-0.2, 0) is 19.1 Å². The summed E-state index contributed by atoms with van der Waals surface area (Å²) in [7, 11) is 2.53. The van der Waals surface area contributed by atoms with E-state index >= 15 is 4.39 Å². The van der Waals surface area contributed by atoms with Crippen molar-refractivity contribution in [2.45, 2.75) is 63.7 Å². The van der Waals surface area contributed by atoms with Crippen molar-refractivity contribution in [1.82, 2.24) is 40.4 Å². The number of hydrogen-bond donors (Lipinski definition) is 4. The smallest absolute Gasteiger partial charge is 0.407 e. The van der Waals surface area contributed by atoms with Crippen molar-refractivity contribution in [3.8, 4) is 44.8 Å². The summed E-state index contributed by atoms with van der Waals surface area (Å²) in [6.45, 7) is 4.76. The van der Waals surface area contributed by atoms with Crippen molar-refractivity contribution in [3.05, 3.63) is 132 Å². The van der Waals surface area contributed by atoms with Gasteiger partial charge in [0, 0.05) is 24.2 Å². The summed E-state index contributed by atoms with van der Waals surface area (Å²) < 4.78 is 26.3. The van der Waals surface area contributed by atoms with E-state index in [2.05, 4.69) is 25.6 Å². The number of aromatic amines is 2. The summed E-state index contributed by atoms with van der Waals surface area (Å²) in [6, 6.07) is 27.4. The molecule has 2 aromatic heterocycles. The number of imidazole rings is 2. The number of likely N-dealkylation sites (tertiary alicyclic amines) is 2. The minimum Gasteiger partial charge on any atom is -0.453 e. The van der Waals surface area contributed by atoms with E-state index in [0.717, 1.165) is 29.7 Å². The van der Waals surface area contributed by atoms with Crippen molar-refractivity contribution in [3.63, 3.8) is 0 Å². The predicted octanol–water partition coefficient (Wildman–Crippen LogP) is 8.74. The number of amides is 4. The van der Waals surface area contributed by atoms with Gasteiger partial charge in [-0.05, 0) is 71.6 Å². The average molecular weight is 867 g/mol. The minimum absolute atomic E-state index is 0.168. The van der Waals surface area contributed by atoms with E-state index in [1.807, 2.05) is 92.7 Å². The molecular formula is C49H51FN8O6. The Kier molecular flexibility index (Phi) is 12.9. The van der Waals surface area contributed by atoms with Gasteiger partial charge in [-0.3, -0.25) is 9.59 Å². The highest BCUT2D eigenvalue weighted by molar-refractivity contribution is 5.89. The lowest BCUT2D eigenvalue weighted by Crippen LogP contribution is -2.51. The van der Waals surface area contributed by atoms with E-state index in [1.165, 1.54) is 20.3 Å². The van der Waals surface area contributed by atoms with Crippen LogP contribution in [-0.4, -0.2) is 87.1 Å². The molecule has 2 fully saturated rings. The number of methoxy groups -OCH3 is 2. The summed E-state index contributed by atoms with van der Waals surface area (Å²) in [5, 5.41) is 5.38. The maximum absolute atomic E-state index is 16.7. The van der Waals surface area contributed by atoms with Crippen molar-refractivity contribution in [2.24, 2.45) is 5.92 Å². The molecule has 0 unspecified atom stereocenters. The first-order valence-electron chi connectivity index (χ1n) is 21.5. The summed E-state index contributed by atoms with van der Waals surface area (Å²) in [5.74, 6) is 0.166. The second kappa shape index (κ2) is 19.0. The Balaban J connectivity index is 1.04. The summed E-state index contributed by atoms with van der Waals surface area (Å²) in [6.07, 6.45) is 4.96. The molecule has 6 aromatic rings. The highest BCUT2D eigenvalue weighted by Crippen LogP contribution is 2.40. The van der Waals surface area contributed by atoms with Gasteiger partial charge in [-0.25, -0.2) is 23.9 Å². The van der Waals surface area contributed by atoms with E-state index in [9.17, 15) is 19.2 Å². The van der Waals surface area contributed by atoms with Crippen LogP contribution < -0.4 is 10.6 Å². The number of benzene rings is 4. The van der Waals surface area contributed by atoms with Crippen LogP contribution >= 0.6 is 0 Å². The van der Waals surface area contributed by atoms with Gasteiger partial charge < -0.3 is 39.9 Å². The average Bonchev–Trinajstić information content (AvgIpc) is 4.17. The largest absolute Gasteiger partial charge is 0.453 e. The second-order valence-electron chi connectivity index (χ2n) is 16.4. The first-order valence-corrected chi connectivity index (χ1v) is 21.5. The molecule has 0 spiro atoms. The van der Waals surface area contributed by atoms with Gasteiger partial charge >= 0.3 is 12.2 Å². The standard InChI is InChI=1S/C49H51FN8O6/c1-29(2)42(55-48(61)63-3)46(59)57-23-11-17-39(57)45-52-28-38(54-45)34-25-35(30-13-7-5-8-14-30)41(36(50)26-34)32-21-19-31(20-22-32)37-27-51-44(53-37)40-18-12-24-58(40)47(60)43(56-49(62)64-4)33-15-9-6-10-16-33/h5-10,13-16,19-22,25-29,39-40,42-43H,11-12,17-18,23-24H2,1-4H3,(H,51,53)(H,52,54)(H,55,61)(H,56,62)/t39-,40-,42-,43+/m0/s1. The number of alkyl carbamates (subject to hydrolysis) is 2. The lowest BCUT2D eigenvalue weighted by Gasteiger charge is -2.30. The van der Waals surface area contributed by atoms with E-state index < -0.39 is 30.1 Å². The Morgan fingerprint density at radius 2 is 1.20 bits per heavy atom. The third-order valence-electron chi connectivity index (χ3n) is 12.1. The van der Waals surface area contributed by atoms with Crippen molar-refractivity contribution in [1.29, 1.82) is 0 Å². The fraction of sp³-hybridized carbons (Fsp3) is 0.306. The van der Waals surface area contributed by atoms with Crippen molar-refractivity contribution in [2.75, 3.05) is 27.3 Å². The molecule has 2 aliphatic heterocycles. The van der Waals surface area contributed by atoms with Gasteiger partial charge in [0.05, 0.1) is 50.1 Å². The Bertz CT molecular complexity index is 2610. The number of carbonyl (C=O) groups is 4. The first kappa shape index (κ1) is 43.4. The molecule has 15 heteroatoms. The number of rotatable bonds is 12. The van der Waals surface area contributed by atoms with Gasteiger partial charge in [-0.1, -0.05) is 98.8 Å². The van der Waals surface area contributed by atoms with E-state index in [4.69, 9.17) is 14.5 Å². The lowest BCUT2D eigenvalue weighted by molar-refractivity contribution is -0.135. The summed E-state index contributed by atoms with van der Waals surface area (Å²) >= 11 is 0.